The second-order valence-corrected chi connectivity index (χ2v) is 6.97. The first-order chi connectivity index (χ1) is 14.2. The van der Waals surface area contributed by atoms with Crippen molar-refractivity contribution in [3.63, 3.8) is 0 Å². The molecule has 0 saturated heterocycles. The molecule has 0 amide bonds. The van der Waals surface area contributed by atoms with Gasteiger partial charge in [0.05, 0.1) is 0 Å². The van der Waals surface area contributed by atoms with Crippen molar-refractivity contribution in [1.82, 2.24) is 4.98 Å². The Kier molecular flexibility index (Phi) is 7.96. The van der Waals surface area contributed by atoms with Gasteiger partial charge in [0, 0.05) is 37.6 Å². The van der Waals surface area contributed by atoms with Gasteiger partial charge in [0.15, 0.2) is 5.78 Å². The minimum atomic E-state index is 0.143. The number of ketones is 1. The van der Waals surface area contributed by atoms with E-state index in [1.54, 1.807) is 13.3 Å². The number of carbonyl (C=O) groups excluding carboxylic acids is 1. The molecule has 0 radical (unpaired) electrons. The Morgan fingerprint density at radius 1 is 0.862 bits per heavy atom. The summed E-state index contributed by atoms with van der Waals surface area (Å²) in [6.07, 6.45) is 5.69. The molecule has 0 N–H and O–H groups in total. The Morgan fingerprint density at radius 2 is 1.62 bits per heavy atom. The van der Waals surface area contributed by atoms with Crippen LogP contribution in [0.5, 0.6) is 11.5 Å². The van der Waals surface area contributed by atoms with E-state index < -0.39 is 0 Å². The minimum absolute atomic E-state index is 0.143. The van der Waals surface area contributed by atoms with Crippen molar-refractivity contribution in [3.05, 3.63) is 89.7 Å². The average molecular weight is 389 g/mol. The molecule has 0 unspecified atom stereocenters. The predicted molar refractivity (Wildman–Crippen MR) is 115 cm³/mol. The molecule has 4 nitrogen and oxygen atoms in total. The van der Waals surface area contributed by atoms with Crippen LogP contribution in [0.25, 0.3) is 0 Å². The highest BCUT2D eigenvalue weighted by Crippen LogP contribution is 2.21. The van der Waals surface area contributed by atoms with E-state index in [-0.39, 0.29) is 5.78 Å². The Morgan fingerprint density at radius 3 is 2.31 bits per heavy atom. The lowest BCUT2D eigenvalue weighted by molar-refractivity contribution is 0.0980. The summed E-state index contributed by atoms with van der Waals surface area (Å²) in [5.41, 5.74) is 2.88. The van der Waals surface area contributed by atoms with E-state index in [1.807, 2.05) is 54.6 Å². The summed E-state index contributed by atoms with van der Waals surface area (Å²) in [5.74, 6) is 1.78. The van der Waals surface area contributed by atoms with Crippen LogP contribution in [0.2, 0.25) is 0 Å². The zero-order valence-corrected chi connectivity index (χ0v) is 16.8. The van der Waals surface area contributed by atoms with Gasteiger partial charge in [0.25, 0.3) is 0 Å². The van der Waals surface area contributed by atoms with Crippen molar-refractivity contribution in [2.45, 2.75) is 32.1 Å². The van der Waals surface area contributed by atoms with E-state index in [0.29, 0.717) is 12.0 Å². The Bertz CT molecular complexity index is 874. The molecule has 2 aromatic carbocycles. The number of carbonyl (C=O) groups is 1. The van der Waals surface area contributed by atoms with Gasteiger partial charge in [-0.05, 0) is 67.6 Å². The van der Waals surface area contributed by atoms with E-state index >= 15 is 0 Å². The molecule has 0 saturated carbocycles. The SMILES string of the molecule is COCCCc1ccc(C(=O)CCCc2ccc(Oc3ccccc3)cc2)cn1. The Balaban J connectivity index is 1.42. The van der Waals surface area contributed by atoms with Crippen LogP contribution in [0.3, 0.4) is 0 Å². The molecule has 1 aromatic heterocycles. The van der Waals surface area contributed by atoms with Crippen molar-refractivity contribution >= 4 is 5.78 Å². The van der Waals surface area contributed by atoms with Crippen LogP contribution >= 0.6 is 0 Å². The fourth-order valence-corrected chi connectivity index (χ4v) is 3.08. The molecule has 3 rings (SSSR count). The minimum Gasteiger partial charge on any atom is -0.457 e. The first-order valence-corrected chi connectivity index (χ1v) is 10.0. The van der Waals surface area contributed by atoms with Crippen LogP contribution in [0, 0.1) is 0 Å². The lowest BCUT2D eigenvalue weighted by Gasteiger charge is -2.07. The van der Waals surface area contributed by atoms with Gasteiger partial charge in [-0.3, -0.25) is 9.78 Å². The van der Waals surface area contributed by atoms with Crippen LogP contribution in [0.15, 0.2) is 72.9 Å². The van der Waals surface area contributed by atoms with Crippen molar-refractivity contribution in [1.29, 1.82) is 0 Å². The molecule has 0 atom stereocenters. The number of hydrogen-bond donors (Lipinski definition) is 0. The Hall–Kier alpha value is -2.98. The highest BCUT2D eigenvalue weighted by atomic mass is 16.5. The summed E-state index contributed by atoms with van der Waals surface area (Å²) >= 11 is 0. The van der Waals surface area contributed by atoms with Crippen molar-refractivity contribution in [2.24, 2.45) is 0 Å². The third-order valence-corrected chi connectivity index (χ3v) is 4.70. The number of aromatic nitrogens is 1. The molecule has 0 spiro atoms. The average Bonchev–Trinajstić information content (AvgIpc) is 2.76. The van der Waals surface area contributed by atoms with E-state index in [4.69, 9.17) is 9.47 Å². The maximum Gasteiger partial charge on any atom is 0.164 e. The maximum absolute atomic E-state index is 12.4. The predicted octanol–water partition coefficient (Wildman–Crippen LogP) is 5.66. The van der Waals surface area contributed by atoms with Gasteiger partial charge >= 0.3 is 0 Å². The number of pyridine rings is 1. The van der Waals surface area contributed by atoms with E-state index in [0.717, 1.165) is 49.5 Å². The smallest absolute Gasteiger partial charge is 0.164 e. The molecule has 0 aliphatic carbocycles. The lowest BCUT2D eigenvalue weighted by Crippen LogP contribution is -2.02. The summed E-state index contributed by atoms with van der Waals surface area (Å²) in [6, 6.07) is 21.6. The van der Waals surface area contributed by atoms with Gasteiger partial charge in [0.2, 0.25) is 0 Å². The molecule has 150 valence electrons. The number of para-hydroxylation sites is 1. The lowest BCUT2D eigenvalue weighted by atomic mass is 10.0. The summed E-state index contributed by atoms with van der Waals surface area (Å²) in [7, 11) is 1.70. The molecule has 4 heteroatoms. The van der Waals surface area contributed by atoms with Crippen molar-refractivity contribution in [2.75, 3.05) is 13.7 Å². The van der Waals surface area contributed by atoms with E-state index in [9.17, 15) is 4.79 Å². The third-order valence-electron chi connectivity index (χ3n) is 4.70. The number of methoxy groups -OCH3 is 1. The monoisotopic (exact) mass is 389 g/mol. The van der Waals surface area contributed by atoms with Gasteiger partial charge < -0.3 is 9.47 Å². The zero-order valence-electron chi connectivity index (χ0n) is 16.8. The number of Topliss-reactive ketones (excluding diaryl/α,β-unsaturated/α-hetero) is 1. The number of aryl methyl sites for hydroxylation is 2. The number of hydrogen-bond acceptors (Lipinski definition) is 4. The van der Waals surface area contributed by atoms with Crippen LogP contribution in [0.4, 0.5) is 0 Å². The standard InChI is InChI=1S/C25H27NO3/c1-28-18-6-8-22-15-14-21(19-26-22)25(27)11-5-7-20-12-16-24(17-13-20)29-23-9-3-2-4-10-23/h2-4,9-10,12-17,19H,5-8,11,18H2,1H3. The maximum atomic E-state index is 12.4. The van der Waals surface area contributed by atoms with Crippen LogP contribution in [0.1, 0.15) is 40.9 Å². The number of rotatable bonds is 11. The largest absolute Gasteiger partial charge is 0.457 e. The summed E-state index contributed by atoms with van der Waals surface area (Å²) < 4.78 is 10.9. The fraction of sp³-hybridized carbons (Fsp3) is 0.280. The molecular weight excluding hydrogens is 362 g/mol. The molecule has 0 aliphatic heterocycles. The highest BCUT2D eigenvalue weighted by Gasteiger charge is 2.07. The molecule has 0 bridgehead atoms. The van der Waals surface area contributed by atoms with Gasteiger partial charge in [-0.2, -0.15) is 0 Å². The van der Waals surface area contributed by atoms with Crippen LogP contribution < -0.4 is 4.74 Å². The van der Waals surface area contributed by atoms with Gasteiger partial charge in [0.1, 0.15) is 11.5 Å². The zero-order chi connectivity index (χ0) is 20.3. The van der Waals surface area contributed by atoms with Crippen LogP contribution in [-0.4, -0.2) is 24.5 Å². The quantitative estimate of drug-likeness (QED) is 0.314. The fourth-order valence-electron chi connectivity index (χ4n) is 3.08. The normalized spacial score (nSPS) is 10.7. The molecule has 1 heterocycles. The first-order valence-electron chi connectivity index (χ1n) is 10.0. The van der Waals surface area contributed by atoms with Gasteiger partial charge in [-0.1, -0.05) is 30.3 Å². The summed E-state index contributed by atoms with van der Waals surface area (Å²) in [6.45, 7) is 0.724. The topological polar surface area (TPSA) is 48.4 Å². The van der Waals surface area contributed by atoms with Gasteiger partial charge in [-0.15, -0.1) is 0 Å². The Labute approximate surface area is 172 Å². The van der Waals surface area contributed by atoms with Crippen molar-refractivity contribution in [3.8, 4) is 11.5 Å². The molecule has 0 aliphatic rings. The molecule has 0 fully saturated rings. The molecular formula is C25H27NO3. The summed E-state index contributed by atoms with van der Waals surface area (Å²) in [5, 5.41) is 0. The van der Waals surface area contributed by atoms with Crippen LogP contribution in [-0.2, 0) is 17.6 Å². The second kappa shape index (κ2) is 11.1. The summed E-state index contributed by atoms with van der Waals surface area (Å²) in [4.78, 5) is 16.8. The van der Waals surface area contributed by atoms with Crippen molar-refractivity contribution < 1.29 is 14.3 Å². The molecule has 29 heavy (non-hydrogen) atoms. The van der Waals surface area contributed by atoms with E-state index in [2.05, 4.69) is 17.1 Å². The number of ether oxygens (including phenoxy) is 2. The van der Waals surface area contributed by atoms with Gasteiger partial charge in [-0.25, -0.2) is 0 Å². The second-order valence-electron chi connectivity index (χ2n) is 6.97. The third kappa shape index (κ3) is 6.84. The number of nitrogens with zero attached hydrogens (tertiary/aromatic N) is 1. The van der Waals surface area contributed by atoms with E-state index in [1.165, 1.54) is 5.56 Å². The highest BCUT2D eigenvalue weighted by molar-refractivity contribution is 5.95. The number of benzene rings is 2. The first kappa shape index (κ1) is 20.7. The molecule has 3 aromatic rings.